The number of sulfonamides is 1. The van der Waals surface area contributed by atoms with Crippen molar-refractivity contribution in [2.45, 2.75) is 22.7 Å². The summed E-state index contributed by atoms with van der Waals surface area (Å²) in [5.74, 6) is 0.638. The minimum absolute atomic E-state index is 0.103. The Labute approximate surface area is 155 Å². The van der Waals surface area contributed by atoms with E-state index in [2.05, 4.69) is 0 Å². The standard InChI is InChI=1S/C18H18F3NO2S2/c19-18(20,21)15-6-8-16(9-7-15)26(23,24)22-11-10-17(25-13-12-22)14-4-2-1-3-5-14/h1-9,17H,10-13H2/t17-/m0/s1. The number of halogens is 3. The molecule has 2 aromatic carbocycles. The van der Waals surface area contributed by atoms with Crippen molar-refractivity contribution in [3.05, 3.63) is 65.7 Å². The van der Waals surface area contributed by atoms with E-state index in [0.717, 1.165) is 29.8 Å². The third-order valence-electron chi connectivity index (χ3n) is 4.29. The van der Waals surface area contributed by atoms with Gasteiger partial charge < -0.3 is 0 Å². The van der Waals surface area contributed by atoms with E-state index in [1.54, 1.807) is 11.8 Å². The Morgan fingerprint density at radius 1 is 0.962 bits per heavy atom. The summed E-state index contributed by atoms with van der Waals surface area (Å²) in [5, 5.41) is 0.212. The zero-order valence-corrected chi connectivity index (χ0v) is 15.4. The summed E-state index contributed by atoms with van der Waals surface area (Å²) in [7, 11) is -3.80. The van der Waals surface area contributed by atoms with Crippen molar-refractivity contribution in [1.82, 2.24) is 4.31 Å². The molecule has 2 aromatic rings. The first-order valence-electron chi connectivity index (χ1n) is 8.12. The second-order valence-electron chi connectivity index (χ2n) is 5.99. The molecule has 0 spiro atoms. The van der Waals surface area contributed by atoms with Crippen molar-refractivity contribution in [3.8, 4) is 0 Å². The van der Waals surface area contributed by atoms with Crippen molar-refractivity contribution in [2.24, 2.45) is 0 Å². The Bertz CT molecular complexity index is 837. The van der Waals surface area contributed by atoms with E-state index in [4.69, 9.17) is 0 Å². The molecular formula is C18H18F3NO2S2. The molecule has 0 unspecified atom stereocenters. The van der Waals surface area contributed by atoms with E-state index < -0.39 is 21.8 Å². The first kappa shape index (κ1) is 19.3. The summed E-state index contributed by atoms with van der Waals surface area (Å²) < 4.78 is 64.9. The van der Waals surface area contributed by atoms with Gasteiger partial charge in [0.25, 0.3) is 0 Å². The fraction of sp³-hybridized carbons (Fsp3) is 0.333. The zero-order chi connectivity index (χ0) is 18.8. The fourth-order valence-electron chi connectivity index (χ4n) is 2.89. The second kappa shape index (κ2) is 7.62. The lowest BCUT2D eigenvalue weighted by Crippen LogP contribution is -2.33. The molecule has 1 aliphatic heterocycles. The Morgan fingerprint density at radius 3 is 2.23 bits per heavy atom. The first-order valence-corrected chi connectivity index (χ1v) is 10.6. The van der Waals surface area contributed by atoms with Crippen LogP contribution in [0.15, 0.2) is 59.5 Å². The summed E-state index contributed by atoms with van der Waals surface area (Å²) in [6.07, 6.45) is -3.82. The summed E-state index contributed by atoms with van der Waals surface area (Å²) in [5.41, 5.74) is 0.304. The quantitative estimate of drug-likeness (QED) is 0.756. The van der Waals surface area contributed by atoms with Crippen molar-refractivity contribution in [3.63, 3.8) is 0 Å². The largest absolute Gasteiger partial charge is 0.416 e. The van der Waals surface area contributed by atoms with Crippen LogP contribution in [0.3, 0.4) is 0 Å². The average molecular weight is 401 g/mol. The van der Waals surface area contributed by atoms with Gasteiger partial charge in [-0.1, -0.05) is 30.3 Å². The molecule has 3 nitrogen and oxygen atoms in total. The van der Waals surface area contributed by atoms with E-state index in [9.17, 15) is 21.6 Å². The molecule has 8 heteroatoms. The molecule has 26 heavy (non-hydrogen) atoms. The van der Waals surface area contributed by atoms with Gasteiger partial charge in [0, 0.05) is 24.1 Å². The Kier molecular flexibility index (Phi) is 5.64. The second-order valence-corrected chi connectivity index (χ2v) is 9.23. The molecule has 1 fully saturated rings. The van der Waals surface area contributed by atoms with Crippen LogP contribution >= 0.6 is 11.8 Å². The Morgan fingerprint density at radius 2 is 1.62 bits per heavy atom. The van der Waals surface area contributed by atoms with Crippen LogP contribution in [0.5, 0.6) is 0 Å². The van der Waals surface area contributed by atoms with E-state index in [0.29, 0.717) is 25.3 Å². The highest BCUT2D eigenvalue weighted by molar-refractivity contribution is 7.99. The van der Waals surface area contributed by atoms with Gasteiger partial charge in [0.15, 0.2) is 0 Å². The van der Waals surface area contributed by atoms with Crippen LogP contribution in [0.25, 0.3) is 0 Å². The highest BCUT2D eigenvalue weighted by atomic mass is 32.2. The van der Waals surface area contributed by atoms with Gasteiger partial charge in [-0.05, 0) is 36.2 Å². The molecule has 1 saturated heterocycles. The van der Waals surface area contributed by atoms with E-state index in [1.807, 2.05) is 30.3 Å². The Balaban J connectivity index is 1.75. The minimum atomic E-state index is -4.48. The van der Waals surface area contributed by atoms with Crippen molar-refractivity contribution >= 4 is 21.8 Å². The molecule has 0 bridgehead atoms. The van der Waals surface area contributed by atoms with Crippen LogP contribution < -0.4 is 0 Å². The summed E-state index contributed by atoms with van der Waals surface area (Å²) >= 11 is 1.70. The smallest absolute Gasteiger partial charge is 0.207 e. The molecular weight excluding hydrogens is 383 g/mol. The van der Waals surface area contributed by atoms with E-state index in [1.165, 1.54) is 4.31 Å². The lowest BCUT2D eigenvalue weighted by molar-refractivity contribution is -0.137. The maximum Gasteiger partial charge on any atom is 0.416 e. The van der Waals surface area contributed by atoms with Crippen LogP contribution in [0, 0.1) is 0 Å². The lowest BCUT2D eigenvalue weighted by atomic mass is 10.1. The van der Waals surface area contributed by atoms with Gasteiger partial charge in [-0.15, -0.1) is 0 Å². The van der Waals surface area contributed by atoms with Gasteiger partial charge in [-0.2, -0.15) is 29.2 Å². The van der Waals surface area contributed by atoms with Gasteiger partial charge >= 0.3 is 6.18 Å². The summed E-state index contributed by atoms with van der Waals surface area (Å²) in [6, 6.07) is 13.6. The van der Waals surface area contributed by atoms with E-state index >= 15 is 0 Å². The molecule has 0 aromatic heterocycles. The fourth-order valence-corrected chi connectivity index (χ4v) is 5.69. The third-order valence-corrected chi connectivity index (χ3v) is 7.53. The predicted molar refractivity (Wildman–Crippen MR) is 96.5 cm³/mol. The number of hydrogen-bond acceptors (Lipinski definition) is 3. The molecule has 0 saturated carbocycles. The summed E-state index contributed by atoms with van der Waals surface area (Å²) in [6.45, 7) is 0.688. The molecule has 140 valence electrons. The van der Waals surface area contributed by atoms with Gasteiger partial charge in [0.1, 0.15) is 0 Å². The van der Waals surface area contributed by atoms with Gasteiger partial charge in [0.05, 0.1) is 10.5 Å². The molecule has 1 heterocycles. The van der Waals surface area contributed by atoms with Crippen molar-refractivity contribution in [1.29, 1.82) is 0 Å². The van der Waals surface area contributed by atoms with Crippen LogP contribution in [0.1, 0.15) is 22.8 Å². The van der Waals surface area contributed by atoms with Gasteiger partial charge in [-0.3, -0.25) is 0 Å². The number of hydrogen-bond donors (Lipinski definition) is 0. The molecule has 0 aliphatic carbocycles. The molecule has 0 N–H and O–H groups in total. The predicted octanol–water partition coefficient (Wildman–Crippen LogP) is 4.57. The van der Waals surface area contributed by atoms with E-state index in [-0.39, 0.29) is 10.1 Å². The Hall–Kier alpha value is -1.51. The maximum atomic E-state index is 12.8. The number of thioether (sulfide) groups is 1. The molecule has 3 rings (SSSR count). The topological polar surface area (TPSA) is 37.4 Å². The van der Waals surface area contributed by atoms with Crippen LogP contribution in [-0.2, 0) is 16.2 Å². The number of rotatable bonds is 3. The molecule has 0 amide bonds. The summed E-state index contributed by atoms with van der Waals surface area (Å²) in [4.78, 5) is -0.103. The van der Waals surface area contributed by atoms with Crippen LogP contribution in [-0.4, -0.2) is 31.6 Å². The zero-order valence-electron chi connectivity index (χ0n) is 13.8. The van der Waals surface area contributed by atoms with Crippen molar-refractivity contribution in [2.75, 3.05) is 18.8 Å². The highest BCUT2D eigenvalue weighted by Gasteiger charge is 2.32. The first-order chi connectivity index (χ1) is 12.3. The minimum Gasteiger partial charge on any atom is -0.207 e. The maximum absolute atomic E-state index is 12.8. The van der Waals surface area contributed by atoms with Crippen LogP contribution in [0.4, 0.5) is 13.2 Å². The van der Waals surface area contributed by atoms with Crippen molar-refractivity contribution < 1.29 is 21.6 Å². The molecule has 0 radical (unpaired) electrons. The van der Waals surface area contributed by atoms with Gasteiger partial charge in [0.2, 0.25) is 10.0 Å². The number of alkyl halides is 3. The average Bonchev–Trinajstić information content (AvgIpc) is 2.88. The molecule has 1 aliphatic rings. The van der Waals surface area contributed by atoms with Crippen LogP contribution in [0.2, 0.25) is 0 Å². The van der Waals surface area contributed by atoms with Gasteiger partial charge in [-0.25, -0.2) is 8.42 Å². The number of benzene rings is 2. The number of nitrogens with zero attached hydrogens (tertiary/aromatic N) is 1. The molecule has 1 atom stereocenters. The lowest BCUT2D eigenvalue weighted by Gasteiger charge is -2.20. The SMILES string of the molecule is O=S(=O)(c1ccc(C(F)(F)F)cc1)N1CCS[C@H](c2ccccc2)CC1. The third kappa shape index (κ3) is 4.24. The highest BCUT2D eigenvalue weighted by Crippen LogP contribution is 2.36. The monoisotopic (exact) mass is 401 g/mol. The normalized spacial score (nSPS) is 19.9.